The zero-order valence-corrected chi connectivity index (χ0v) is 21.2. The van der Waals surface area contributed by atoms with Crippen molar-refractivity contribution in [3.8, 4) is 0 Å². The minimum Gasteiger partial charge on any atom is -0.462 e. The van der Waals surface area contributed by atoms with Crippen molar-refractivity contribution in [2.45, 2.75) is 32.3 Å². The number of likely N-dealkylation sites (tertiary alicyclic amines) is 1. The number of rotatable bonds is 9. The number of urea groups is 1. The van der Waals surface area contributed by atoms with E-state index in [1.165, 1.54) is 5.56 Å². The fraction of sp³-hybridized carbons (Fsp3) is 0.333. The lowest BCUT2D eigenvalue weighted by Gasteiger charge is -2.33. The lowest BCUT2D eigenvalue weighted by molar-refractivity contribution is 0.0526. The van der Waals surface area contributed by atoms with Crippen LogP contribution in [0.2, 0.25) is 0 Å². The molecule has 7 heteroatoms. The molecule has 1 aliphatic rings. The number of anilines is 2. The van der Waals surface area contributed by atoms with Crippen LogP contribution in [0.3, 0.4) is 0 Å². The highest BCUT2D eigenvalue weighted by Crippen LogP contribution is 2.27. The Labute approximate surface area is 218 Å². The van der Waals surface area contributed by atoms with Crippen molar-refractivity contribution in [1.82, 2.24) is 4.90 Å². The maximum atomic E-state index is 12.7. The van der Waals surface area contributed by atoms with Crippen molar-refractivity contribution >= 4 is 23.4 Å². The SMILES string of the molecule is CCOC(=O)c1cccc(NC(=O)Nc2ccccc2C(O)CN2CCC(Cc3ccccc3)CC2)c1. The van der Waals surface area contributed by atoms with E-state index in [1.807, 2.05) is 24.3 Å². The summed E-state index contributed by atoms with van der Waals surface area (Å²) in [5.74, 6) is 0.222. The zero-order valence-electron chi connectivity index (χ0n) is 21.2. The number of carbonyl (C=O) groups excluding carboxylic acids is 2. The average molecular weight is 502 g/mol. The van der Waals surface area contributed by atoms with Crippen molar-refractivity contribution < 1.29 is 19.4 Å². The van der Waals surface area contributed by atoms with Crippen LogP contribution in [-0.4, -0.2) is 48.2 Å². The van der Waals surface area contributed by atoms with Gasteiger partial charge in [0.05, 0.1) is 18.3 Å². The molecule has 1 aliphatic heterocycles. The van der Waals surface area contributed by atoms with Crippen LogP contribution in [-0.2, 0) is 11.2 Å². The van der Waals surface area contributed by atoms with Crippen LogP contribution >= 0.6 is 0 Å². The summed E-state index contributed by atoms with van der Waals surface area (Å²) in [6, 6.07) is 24.0. The molecule has 3 aromatic rings. The molecule has 1 heterocycles. The Morgan fingerprint density at radius 3 is 2.46 bits per heavy atom. The van der Waals surface area contributed by atoms with Gasteiger partial charge < -0.3 is 25.4 Å². The highest BCUT2D eigenvalue weighted by Gasteiger charge is 2.23. The predicted molar refractivity (Wildman–Crippen MR) is 146 cm³/mol. The lowest BCUT2D eigenvalue weighted by atomic mass is 9.90. The quantitative estimate of drug-likeness (QED) is 0.337. The number of amides is 2. The number of piperidine rings is 1. The highest BCUT2D eigenvalue weighted by molar-refractivity contribution is 6.01. The average Bonchev–Trinajstić information content (AvgIpc) is 2.91. The third-order valence-electron chi connectivity index (χ3n) is 6.71. The molecule has 0 radical (unpaired) electrons. The van der Waals surface area contributed by atoms with E-state index in [0.717, 1.165) is 32.4 Å². The van der Waals surface area contributed by atoms with Gasteiger partial charge >= 0.3 is 12.0 Å². The second-order valence-corrected chi connectivity index (χ2v) is 9.42. The van der Waals surface area contributed by atoms with Gasteiger partial charge in [-0.3, -0.25) is 0 Å². The molecular formula is C30H35N3O4. The van der Waals surface area contributed by atoms with Crippen molar-refractivity contribution in [3.05, 3.63) is 95.6 Å². The fourth-order valence-electron chi connectivity index (χ4n) is 4.79. The van der Waals surface area contributed by atoms with Gasteiger partial charge in [0.1, 0.15) is 0 Å². The van der Waals surface area contributed by atoms with Crippen LogP contribution < -0.4 is 10.6 Å². The molecule has 1 atom stereocenters. The van der Waals surface area contributed by atoms with E-state index in [1.54, 1.807) is 37.3 Å². The first-order valence-corrected chi connectivity index (χ1v) is 12.9. The van der Waals surface area contributed by atoms with Crippen LogP contribution in [0.5, 0.6) is 0 Å². The molecule has 0 aliphatic carbocycles. The summed E-state index contributed by atoms with van der Waals surface area (Å²) in [6.07, 6.45) is 2.58. The van der Waals surface area contributed by atoms with Crippen molar-refractivity contribution in [2.75, 3.05) is 36.9 Å². The molecule has 4 rings (SSSR count). The van der Waals surface area contributed by atoms with E-state index in [0.29, 0.717) is 35.0 Å². The number of carbonyl (C=O) groups is 2. The molecule has 37 heavy (non-hydrogen) atoms. The molecule has 2 amide bonds. The molecule has 3 aromatic carbocycles. The van der Waals surface area contributed by atoms with Gasteiger partial charge in [-0.05, 0) is 75.0 Å². The number of hydrogen-bond acceptors (Lipinski definition) is 5. The van der Waals surface area contributed by atoms with Gasteiger partial charge in [-0.2, -0.15) is 0 Å². The number of nitrogens with zero attached hydrogens (tertiary/aromatic N) is 1. The Kier molecular flexibility index (Phi) is 9.29. The summed E-state index contributed by atoms with van der Waals surface area (Å²) in [6.45, 7) is 4.43. The standard InChI is InChI=1S/C30H35N3O4/c1-2-37-29(35)24-11-8-12-25(20-24)31-30(36)32-27-14-7-6-13-26(27)28(34)21-33-17-15-23(16-18-33)19-22-9-4-3-5-10-22/h3-14,20,23,28,34H,2,15-19,21H2,1H3,(H2,31,32,36). The van der Waals surface area contributed by atoms with Gasteiger partial charge in [-0.15, -0.1) is 0 Å². The van der Waals surface area contributed by atoms with Crippen molar-refractivity contribution in [3.63, 3.8) is 0 Å². The summed E-state index contributed by atoms with van der Waals surface area (Å²) >= 11 is 0. The molecule has 0 spiro atoms. The molecule has 3 N–H and O–H groups in total. The maximum absolute atomic E-state index is 12.7. The van der Waals surface area contributed by atoms with Gasteiger partial charge in [0.15, 0.2) is 0 Å². The number of aliphatic hydroxyl groups is 1. The summed E-state index contributed by atoms with van der Waals surface area (Å²) in [5.41, 5.74) is 3.44. The van der Waals surface area contributed by atoms with Crippen LogP contribution in [0.25, 0.3) is 0 Å². The smallest absolute Gasteiger partial charge is 0.338 e. The van der Waals surface area contributed by atoms with Gasteiger partial charge in [0.2, 0.25) is 0 Å². The third kappa shape index (κ3) is 7.65. The highest BCUT2D eigenvalue weighted by atomic mass is 16.5. The van der Waals surface area contributed by atoms with Gasteiger partial charge in [-0.25, -0.2) is 9.59 Å². The summed E-state index contributed by atoms with van der Waals surface area (Å²) < 4.78 is 5.02. The predicted octanol–water partition coefficient (Wildman–Crippen LogP) is 5.50. The minimum atomic E-state index is -0.727. The van der Waals surface area contributed by atoms with Gasteiger partial charge in [-0.1, -0.05) is 54.6 Å². The summed E-state index contributed by atoms with van der Waals surface area (Å²) in [7, 11) is 0. The first-order chi connectivity index (χ1) is 18.0. The Hall–Kier alpha value is -3.68. The molecule has 1 unspecified atom stereocenters. The van der Waals surface area contributed by atoms with Crippen LogP contribution in [0.4, 0.5) is 16.2 Å². The van der Waals surface area contributed by atoms with Crippen LogP contribution in [0, 0.1) is 5.92 Å². The van der Waals surface area contributed by atoms with E-state index in [2.05, 4.69) is 39.8 Å². The Bertz CT molecular complexity index is 1180. The number of esters is 1. The number of para-hydroxylation sites is 1. The molecule has 7 nitrogen and oxygen atoms in total. The van der Waals surface area contributed by atoms with E-state index in [4.69, 9.17) is 4.74 Å². The third-order valence-corrected chi connectivity index (χ3v) is 6.71. The van der Waals surface area contributed by atoms with Crippen molar-refractivity contribution in [2.24, 2.45) is 5.92 Å². The van der Waals surface area contributed by atoms with Gasteiger partial charge in [0, 0.05) is 23.5 Å². The number of benzene rings is 3. The Morgan fingerprint density at radius 1 is 0.973 bits per heavy atom. The van der Waals surface area contributed by atoms with E-state index < -0.39 is 18.1 Å². The fourth-order valence-corrected chi connectivity index (χ4v) is 4.79. The minimum absolute atomic E-state index is 0.280. The topological polar surface area (TPSA) is 90.9 Å². The summed E-state index contributed by atoms with van der Waals surface area (Å²) in [5, 5.41) is 16.6. The molecule has 0 bridgehead atoms. The first kappa shape index (κ1) is 26.4. The lowest BCUT2D eigenvalue weighted by Crippen LogP contribution is -2.37. The first-order valence-electron chi connectivity index (χ1n) is 12.9. The molecular weight excluding hydrogens is 466 g/mol. The maximum Gasteiger partial charge on any atom is 0.338 e. The van der Waals surface area contributed by atoms with Gasteiger partial charge in [0.25, 0.3) is 0 Å². The number of β-amino-alcohol motifs (C(OH)–C–C–N with tert-alkyl or cyclic N) is 1. The normalized spacial score (nSPS) is 15.1. The van der Waals surface area contributed by atoms with E-state index in [-0.39, 0.29) is 6.61 Å². The van der Waals surface area contributed by atoms with E-state index in [9.17, 15) is 14.7 Å². The van der Waals surface area contributed by atoms with Crippen molar-refractivity contribution in [1.29, 1.82) is 0 Å². The molecule has 0 aromatic heterocycles. The molecule has 1 saturated heterocycles. The van der Waals surface area contributed by atoms with E-state index >= 15 is 0 Å². The number of aliphatic hydroxyl groups excluding tert-OH is 1. The van der Waals surface area contributed by atoms with Crippen LogP contribution in [0.15, 0.2) is 78.9 Å². The monoisotopic (exact) mass is 501 g/mol. The number of hydrogen-bond donors (Lipinski definition) is 3. The Morgan fingerprint density at radius 2 is 1.70 bits per heavy atom. The summed E-state index contributed by atoms with van der Waals surface area (Å²) in [4.78, 5) is 27.0. The molecule has 0 saturated carbocycles. The Balaban J connectivity index is 1.31. The second-order valence-electron chi connectivity index (χ2n) is 9.42. The molecule has 1 fully saturated rings. The number of nitrogens with one attached hydrogen (secondary N) is 2. The number of ether oxygens (including phenoxy) is 1. The second kappa shape index (κ2) is 13.0. The largest absolute Gasteiger partial charge is 0.462 e. The molecule has 194 valence electrons. The van der Waals surface area contributed by atoms with Crippen LogP contribution in [0.1, 0.15) is 47.4 Å². The zero-order chi connectivity index (χ0) is 26.0.